The van der Waals surface area contributed by atoms with Crippen LogP contribution in [-0.4, -0.2) is 25.4 Å². The molecule has 0 aliphatic rings. The molecule has 0 heterocycles. The zero-order chi connectivity index (χ0) is 23.1. The van der Waals surface area contributed by atoms with E-state index < -0.39 is 5.69 Å². The van der Waals surface area contributed by atoms with Crippen molar-refractivity contribution in [1.82, 2.24) is 0 Å². The van der Waals surface area contributed by atoms with Crippen LogP contribution in [0.1, 0.15) is 92.9 Å². The Kier molecular flexibility index (Phi) is 31.2. The normalized spacial score (nSPS) is 14.6. The van der Waals surface area contributed by atoms with Crippen LogP contribution in [0.15, 0.2) is 0 Å². The zero-order valence-electron chi connectivity index (χ0n) is 20.8. The maximum atomic E-state index is 7.00. The van der Waals surface area contributed by atoms with Crippen molar-refractivity contribution >= 4 is 29.7 Å². The molecule has 0 aromatic heterocycles. The van der Waals surface area contributed by atoms with Crippen LogP contribution in [0.5, 0.6) is 0 Å². The van der Waals surface area contributed by atoms with Crippen molar-refractivity contribution in [3.63, 3.8) is 0 Å². The van der Waals surface area contributed by atoms with Gasteiger partial charge in [0.05, 0.1) is 13.2 Å². The second-order valence-electron chi connectivity index (χ2n) is 8.08. The van der Waals surface area contributed by atoms with Gasteiger partial charge in [-0.1, -0.05) is 78.5 Å². The summed E-state index contributed by atoms with van der Waals surface area (Å²) in [5.41, 5.74) is 0.0466. The van der Waals surface area contributed by atoms with Crippen LogP contribution >= 0.6 is 17.9 Å². The SMILES string of the molecule is CCCCC(CC)COP(=S)(S)OCC(CC)CCCC.CO.[CH3][Zn][CH2]C(C)C. The molecule has 0 fully saturated rings. The van der Waals surface area contributed by atoms with Gasteiger partial charge in [-0.25, -0.2) is 0 Å². The molecule has 0 saturated heterocycles. The van der Waals surface area contributed by atoms with Gasteiger partial charge in [0.15, 0.2) is 0 Å². The van der Waals surface area contributed by atoms with E-state index >= 15 is 0 Å². The van der Waals surface area contributed by atoms with Gasteiger partial charge in [0.25, 0.3) is 0 Å². The monoisotopic (exact) mass is 522 g/mol. The van der Waals surface area contributed by atoms with Crippen LogP contribution in [0.2, 0.25) is 10.5 Å². The molecule has 0 aromatic carbocycles. The average molecular weight is 524 g/mol. The summed E-state index contributed by atoms with van der Waals surface area (Å²) < 4.78 is 11.7. The van der Waals surface area contributed by atoms with Crippen molar-refractivity contribution in [2.45, 2.75) is 103 Å². The Morgan fingerprint density at radius 2 is 1.28 bits per heavy atom. The molecule has 0 bridgehead atoms. The van der Waals surface area contributed by atoms with Gasteiger partial charge in [-0.15, -0.1) is 0 Å². The topological polar surface area (TPSA) is 38.7 Å². The first-order chi connectivity index (χ1) is 13.8. The minimum absolute atomic E-state index is 0.0289. The van der Waals surface area contributed by atoms with Crippen molar-refractivity contribution in [3.8, 4) is 0 Å². The number of aliphatic hydroxyl groups is 1. The van der Waals surface area contributed by atoms with E-state index in [-0.39, 0.29) is 17.1 Å². The molecule has 1 N–H and O–H groups in total. The molecular formula is C22H51O3PS2Zn. The first kappa shape index (κ1) is 35.1. The van der Waals surface area contributed by atoms with Gasteiger partial charge in [-0.05, 0) is 36.5 Å². The van der Waals surface area contributed by atoms with Crippen LogP contribution in [0.4, 0.5) is 0 Å². The third kappa shape index (κ3) is 27.5. The number of rotatable bonds is 16. The first-order valence-electron chi connectivity index (χ1n) is 11.8. The fraction of sp³-hybridized carbons (Fsp3) is 1.00. The predicted octanol–water partition coefficient (Wildman–Crippen LogP) is 8.41. The van der Waals surface area contributed by atoms with Crippen LogP contribution in [0.25, 0.3) is 0 Å². The Bertz CT molecular complexity index is 337. The number of thiol groups is 1. The van der Waals surface area contributed by atoms with E-state index in [1.165, 1.54) is 38.5 Å². The summed E-state index contributed by atoms with van der Waals surface area (Å²) in [7, 11) is 1.00. The van der Waals surface area contributed by atoms with Crippen molar-refractivity contribution in [1.29, 1.82) is 0 Å². The van der Waals surface area contributed by atoms with Crippen LogP contribution in [0.3, 0.4) is 0 Å². The Hall–Kier alpha value is 1.50. The fourth-order valence-corrected chi connectivity index (χ4v) is 6.87. The van der Waals surface area contributed by atoms with Crippen LogP contribution in [0, 0.1) is 17.8 Å². The van der Waals surface area contributed by atoms with Crippen LogP contribution in [-0.2, 0) is 38.0 Å². The summed E-state index contributed by atoms with van der Waals surface area (Å²) in [6.45, 7) is 14.9. The molecule has 0 aromatic rings. The predicted molar refractivity (Wildman–Crippen MR) is 135 cm³/mol. The number of hydrogen-bond acceptors (Lipinski definition) is 4. The van der Waals surface area contributed by atoms with Crippen molar-refractivity contribution in [3.05, 3.63) is 0 Å². The molecule has 0 amide bonds. The first-order valence-corrected chi connectivity index (χ1v) is 20.7. The molecule has 3 nitrogen and oxygen atoms in total. The molecule has 0 spiro atoms. The molecule has 7 heteroatoms. The summed E-state index contributed by atoms with van der Waals surface area (Å²) in [6.07, 6.45) is 9.68. The summed E-state index contributed by atoms with van der Waals surface area (Å²) in [5.74, 6) is 2.16. The van der Waals surface area contributed by atoms with E-state index in [4.69, 9.17) is 26.0 Å². The molecule has 0 rings (SSSR count). The summed E-state index contributed by atoms with van der Waals surface area (Å²) in [6, 6.07) is 0. The molecule has 176 valence electrons. The third-order valence-corrected chi connectivity index (χ3v) is 10.8. The molecule has 0 radical (unpaired) electrons. The van der Waals surface area contributed by atoms with Gasteiger partial charge >= 0.3 is 47.4 Å². The molecule has 0 aliphatic carbocycles. The van der Waals surface area contributed by atoms with E-state index in [1.807, 2.05) is 0 Å². The van der Waals surface area contributed by atoms with Gasteiger partial charge in [0.1, 0.15) is 0 Å². The molecule has 2 atom stereocenters. The zero-order valence-corrected chi connectivity index (χ0v) is 26.4. The van der Waals surface area contributed by atoms with Crippen molar-refractivity contribution in [2.24, 2.45) is 17.8 Å². The second-order valence-corrected chi connectivity index (χ2v) is 16.7. The third-order valence-electron chi connectivity index (χ3n) is 4.90. The Balaban J connectivity index is -0.000000716. The van der Waals surface area contributed by atoms with E-state index in [9.17, 15) is 0 Å². The molecule has 2 unspecified atom stereocenters. The van der Waals surface area contributed by atoms with Crippen LogP contribution < -0.4 is 0 Å². The number of aliphatic hydroxyl groups excluding tert-OH is 1. The summed E-state index contributed by atoms with van der Waals surface area (Å²) >= 11 is 9.94. The Morgan fingerprint density at radius 1 is 0.897 bits per heavy atom. The molecule has 0 saturated carbocycles. The molecular weight excluding hydrogens is 473 g/mol. The van der Waals surface area contributed by atoms with Gasteiger partial charge in [-0.3, -0.25) is 0 Å². The van der Waals surface area contributed by atoms with E-state index in [2.05, 4.69) is 59.3 Å². The van der Waals surface area contributed by atoms with Gasteiger partial charge in [-0.2, -0.15) is 0 Å². The Labute approximate surface area is 201 Å². The second kappa shape index (κ2) is 25.8. The minimum atomic E-state index is -2.36. The van der Waals surface area contributed by atoms with Gasteiger partial charge in [0, 0.05) is 7.11 Å². The van der Waals surface area contributed by atoms with Crippen molar-refractivity contribution in [2.75, 3.05) is 20.3 Å². The molecule has 0 aliphatic heterocycles. The molecule has 29 heavy (non-hydrogen) atoms. The summed E-state index contributed by atoms with van der Waals surface area (Å²) in [5, 5.41) is 8.56. The van der Waals surface area contributed by atoms with Gasteiger partial charge < -0.3 is 14.2 Å². The van der Waals surface area contributed by atoms with Crippen molar-refractivity contribution < 1.29 is 31.3 Å². The van der Waals surface area contributed by atoms with Gasteiger partial charge in [0.2, 0.25) is 5.69 Å². The average Bonchev–Trinajstić information content (AvgIpc) is 2.70. The van der Waals surface area contributed by atoms with E-state index in [1.54, 1.807) is 5.02 Å². The number of hydrogen-bond donors (Lipinski definition) is 2. The fourth-order valence-electron chi connectivity index (χ4n) is 2.81. The quantitative estimate of drug-likeness (QED) is 0.121. The standard InChI is InChI=1S/C16H35O2PS2.C4H9.CH4O.CH3.Zn/c1-5-9-11-15(7-3)13-17-19(20,21)18-14-16(8-4)12-10-6-2;1-4(2)3;1-2;;/h15-16H,5-14H2,1-4H3,(H,20,21);4H,1H2,2-3H3;2H,1H3;1H3;. The summed E-state index contributed by atoms with van der Waals surface area (Å²) in [4.78, 5) is 0. The van der Waals surface area contributed by atoms with E-state index in [0.29, 0.717) is 25.0 Å². The maximum absolute atomic E-state index is 7.00. The Morgan fingerprint density at radius 3 is 1.48 bits per heavy atom. The van der Waals surface area contributed by atoms with E-state index in [0.717, 1.165) is 25.9 Å². The number of unbranched alkanes of at least 4 members (excludes halogenated alkanes) is 2.